The lowest BCUT2D eigenvalue weighted by Crippen LogP contribution is -2.29. The molecule has 2 N–H and O–H groups in total. The molecule has 0 saturated carbocycles. The fraction of sp³-hybridized carbons (Fsp3) is 0.118. The number of anilines is 1. The zero-order valence-electron chi connectivity index (χ0n) is 12.0. The van der Waals surface area contributed by atoms with E-state index in [1.807, 2.05) is 24.3 Å². The second kappa shape index (κ2) is 7.96. The maximum atomic E-state index is 11.8. The molecule has 22 heavy (non-hydrogen) atoms. The van der Waals surface area contributed by atoms with Crippen molar-refractivity contribution >= 4 is 23.3 Å². The number of ether oxygens (including phenoxy) is 1. The first-order valence-corrected chi connectivity index (χ1v) is 6.99. The molecule has 0 aliphatic rings. The van der Waals surface area contributed by atoms with Gasteiger partial charge in [-0.2, -0.15) is 0 Å². The first-order valence-electron chi connectivity index (χ1n) is 6.61. The molecular weight excluding hydrogens is 300 g/mol. The van der Waals surface area contributed by atoms with Gasteiger partial charge in [-0.05, 0) is 30.3 Å². The van der Waals surface area contributed by atoms with E-state index in [1.54, 1.807) is 31.4 Å². The first kappa shape index (κ1) is 15.7. The zero-order valence-corrected chi connectivity index (χ0v) is 12.8. The SMILES string of the molecule is COc1ccccc1NC(=O)NCC#Cc1cccc(Cl)c1. The third-order valence-corrected chi connectivity index (χ3v) is 2.98. The molecule has 2 aromatic carbocycles. The highest BCUT2D eigenvalue weighted by molar-refractivity contribution is 6.30. The zero-order chi connectivity index (χ0) is 15.8. The van der Waals surface area contributed by atoms with Crippen LogP contribution in [0.5, 0.6) is 5.75 Å². The van der Waals surface area contributed by atoms with Gasteiger partial charge in [-0.15, -0.1) is 0 Å². The Morgan fingerprint density at radius 1 is 1.23 bits per heavy atom. The largest absolute Gasteiger partial charge is 0.495 e. The van der Waals surface area contributed by atoms with E-state index < -0.39 is 0 Å². The molecule has 2 aromatic rings. The average molecular weight is 315 g/mol. The fourth-order valence-electron chi connectivity index (χ4n) is 1.75. The number of carbonyl (C=O) groups excluding carboxylic acids is 1. The fourth-order valence-corrected chi connectivity index (χ4v) is 1.94. The molecule has 2 rings (SSSR count). The van der Waals surface area contributed by atoms with Gasteiger partial charge in [0.15, 0.2) is 0 Å². The Bertz CT molecular complexity index is 720. The number of para-hydroxylation sites is 2. The first-order chi connectivity index (χ1) is 10.7. The minimum Gasteiger partial charge on any atom is -0.495 e. The van der Waals surface area contributed by atoms with Crippen LogP contribution < -0.4 is 15.4 Å². The van der Waals surface area contributed by atoms with Crippen molar-refractivity contribution in [2.75, 3.05) is 19.0 Å². The van der Waals surface area contributed by atoms with Gasteiger partial charge in [0.1, 0.15) is 5.75 Å². The van der Waals surface area contributed by atoms with Crippen molar-refractivity contribution in [2.24, 2.45) is 0 Å². The molecule has 0 aliphatic heterocycles. The maximum absolute atomic E-state index is 11.8. The number of hydrogen-bond acceptors (Lipinski definition) is 2. The van der Waals surface area contributed by atoms with Gasteiger partial charge in [0.25, 0.3) is 0 Å². The van der Waals surface area contributed by atoms with Crippen LogP contribution in [-0.2, 0) is 0 Å². The number of nitrogens with one attached hydrogen (secondary N) is 2. The van der Waals surface area contributed by atoms with Crippen molar-refractivity contribution in [1.82, 2.24) is 5.32 Å². The Kier molecular flexibility index (Phi) is 5.70. The van der Waals surface area contributed by atoms with E-state index in [0.29, 0.717) is 16.5 Å². The molecule has 0 aromatic heterocycles. The van der Waals surface area contributed by atoms with E-state index in [0.717, 1.165) is 5.56 Å². The minimum absolute atomic E-state index is 0.230. The van der Waals surface area contributed by atoms with Gasteiger partial charge in [-0.1, -0.05) is 41.6 Å². The highest BCUT2D eigenvalue weighted by Crippen LogP contribution is 2.22. The summed E-state index contributed by atoms with van der Waals surface area (Å²) < 4.78 is 5.16. The van der Waals surface area contributed by atoms with Gasteiger partial charge in [0, 0.05) is 10.6 Å². The third kappa shape index (κ3) is 4.72. The molecule has 0 atom stereocenters. The maximum Gasteiger partial charge on any atom is 0.320 e. The summed E-state index contributed by atoms with van der Waals surface area (Å²) >= 11 is 5.87. The lowest BCUT2D eigenvalue weighted by atomic mass is 10.2. The van der Waals surface area contributed by atoms with Crippen molar-refractivity contribution in [2.45, 2.75) is 0 Å². The van der Waals surface area contributed by atoms with Crippen LogP contribution in [-0.4, -0.2) is 19.7 Å². The lowest BCUT2D eigenvalue weighted by molar-refractivity contribution is 0.253. The van der Waals surface area contributed by atoms with Crippen LogP contribution in [0.25, 0.3) is 0 Å². The van der Waals surface area contributed by atoms with E-state index in [2.05, 4.69) is 22.5 Å². The van der Waals surface area contributed by atoms with Crippen molar-refractivity contribution < 1.29 is 9.53 Å². The van der Waals surface area contributed by atoms with E-state index in [-0.39, 0.29) is 12.6 Å². The minimum atomic E-state index is -0.343. The number of halogens is 1. The monoisotopic (exact) mass is 314 g/mol. The number of rotatable bonds is 3. The normalized spacial score (nSPS) is 9.36. The average Bonchev–Trinajstić information content (AvgIpc) is 2.52. The second-order valence-electron chi connectivity index (χ2n) is 4.32. The van der Waals surface area contributed by atoms with Crippen molar-refractivity contribution in [1.29, 1.82) is 0 Å². The summed E-state index contributed by atoms with van der Waals surface area (Å²) in [5, 5.41) is 5.99. The van der Waals surface area contributed by atoms with Crippen LogP contribution in [0.4, 0.5) is 10.5 Å². The van der Waals surface area contributed by atoms with Crippen LogP contribution in [0.15, 0.2) is 48.5 Å². The molecule has 5 heteroatoms. The number of benzene rings is 2. The van der Waals surface area contributed by atoms with Crippen LogP contribution in [0, 0.1) is 11.8 Å². The van der Waals surface area contributed by atoms with Crippen LogP contribution in [0.3, 0.4) is 0 Å². The number of hydrogen-bond donors (Lipinski definition) is 2. The quantitative estimate of drug-likeness (QED) is 0.852. The summed E-state index contributed by atoms with van der Waals surface area (Å²) in [6.07, 6.45) is 0. The molecule has 0 radical (unpaired) electrons. The molecular formula is C17H15ClN2O2. The van der Waals surface area contributed by atoms with E-state index in [4.69, 9.17) is 16.3 Å². The molecule has 0 aliphatic carbocycles. The summed E-state index contributed by atoms with van der Waals surface area (Å²) in [5.74, 6) is 6.39. The molecule has 0 fully saturated rings. The molecule has 0 spiro atoms. The van der Waals surface area contributed by atoms with E-state index in [1.165, 1.54) is 0 Å². The number of amides is 2. The summed E-state index contributed by atoms with van der Waals surface area (Å²) in [6, 6.07) is 14.1. The molecule has 2 amide bonds. The Hall–Kier alpha value is -2.64. The van der Waals surface area contributed by atoms with Gasteiger partial charge < -0.3 is 15.4 Å². The summed E-state index contributed by atoms with van der Waals surface area (Å²) in [7, 11) is 1.55. The molecule has 0 saturated heterocycles. The smallest absolute Gasteiger partial charge is 0.320 e. The summed E-state index contributed by atoms with van der Waals surface area (Å²) in [6.45, 7) is 0.230. The van der Waals surface area contributed by atoms with Gasteiger partial charge in [0.05, 0.1) is 19.3 Å². The number of carbonyl (C=O) groups is 1. The lowest BCUT2D eigenvalue weighted by Gasteiger charge is -2.09. The van der Waals surface area contributed by atoms with Crippen molar-refractivity contribution in [3.63, 3.8) is 0 Å². The Morgan fingerprint density at radius 3 is 2.82 bits per heavy atom. The topological polar surface area (TPSA) is 50.4 Å². The van der Waals surface area contributed by atoms with Crippen LogP contribution in [0.1, 0.15) is 5.56 Å². The second-order valence-corrected chi connectivity index (χ2v) is 4.76. The van der Waals surface area contributed by atoms with Crippen molar-refractivity contribution in [3.8, 4) is 17.6 Å². The van der Waals surface area contributed by atoms with Gasteiger partial charge in [0.2, 0.25) is 0 Å². The summed E-state index contributed by atoms with van der Waals surface area (Å²) in [4.78, 5) is 11.8. The molecule has 0 bridgehead atoms. The Labute approximate surface area is 134 Å². The van der Waals surface area contributed by atoms with E-state index in [9.17, 15) is 4.79 Å². The molecule has 112 valence electrons. The number of methoxy groups -OCH3 is 1. The van der Waals surface area contributed by atoms with Gasteiger partial charge >= 0.3 is 6.03 Å². The standard InChI is InChI=1S/C17H15ClN2O2/c1-22-16-10-3-2-9-15(16)20-17(21)19-11-5-7-13-6-4-8-14(18)12-13/h2-4,6,8-10,12H,11H2,1H3,(H2,19,20,21). The molecule has 4 nitrogen and oxygen atoms in total. The van der Waals surface area contributed by atoms with Crippen molar-refractivity contribution in [3.05, 3.63) is 59.1 Å². The Morgan fingerprint density at radius 2 is 2.05 bits per heavy atom. The van der Waals surface area contributed by atoms with Gasteiger partial charge in [-0.3, -0.25) is 0 Å². The van der Waals surface area contributed by atoms with Crippen LogP contribution >= 0.6 is 11.6 Å². The Balaban J connectivity index is 1.86. The predicted molar refractivity (Wildman–Crippen MR) is 88.3 cm³/mol. The highest BCUT2D eigenvalue weighted by atomic mass is 35.5. The van der Waals surface area contributed by atoms with E-state index >= 15 is 0 Å². The molecule has 0 heterocycles. The number of urea groups is 1. The third-order valence-electron chi connectivity index (χ3n) is 2.75. The highest BCUT2D eigenvalue weighted by Gasteiger charge is 2.04. The summed E-state index contributed by atoms with van der Waals surface area (Å²) in [5.41, 5.74) is 1.41. The van der Waals surface area contributed by atoms with Gasteiger partial charge in [-0.25, -0.2) is 4.79 Å². The predicted octanol–water partition coefficient (Wildman–Crippen LogP) is 3.52. The van der Waals surface area contributed by atoms with Crippen LogP contribution in [0.2, 0.25) is 5.02 Å². The molecule has 0 unspecified atom stereocenters.